The van der Waals surface area contributed by atoms with Gasteiger partial charge in [-0.2, -0.15) is 0 Å². The number of unbranched alkanes of at least 4 members (excludes halogenated alkanes) is 22. The molecular weight excluding hydrogens is 816 g/mol. The van der Waals surface area contributed by atoms with E-state index in [9.17, 15) is 19.4 Å². The lowest BCUT2D eigenvalue weighted by atomic mass is 10.0. The quantitative estimate of drug-likeness (QED) is 0.0243. The number of hydrogen-bond acceptors (Lipinski definition) is 5. The van der Waals surface area contributed by atoms with Gasteiger partial charge >= 0.3 is 7.82 Å². The van der Waals surface area contributed by atoms with Gasteiger partial charge in [-0.3, -0.25) is 13.8 Å². The largest absolute Gasteiger partial charge is 0.472 e. The number of phosphoric acid groups is 1. The van der Waals surface area contributed by atoms with Crippen molar-refractivity contribution >= 4 is 13.7 Å². The van der Waals surface area contributed by atoms with Gasteiger partial charge in [-0.25, -0.2) is 4.57 Å². The normalized spacial score (nSPS) is 14.7. The fourth-order valence-electron chi connectivity index (χ4n) is 7.34. The number of carbonyl (C=O) groups is 1. The van der Waals surface area contributed by atoms with Crippen molar-refractivity contribution in [1.29, 1.82) is 0 Å². The van der Waals surface area contributed by atoms with Gasteiger partial charge in [0.15, 0.2) is 0 Å². The number of aliphatic hydroxyl groups excluding tert-OH is 1. The first kappa shape index (κ1) is 61.9. The van der Waals surface area contributed by atoms with Crippen molar-refractivity contribution in [3.05, 3.63) is 72.9 Å². The summed E-state index contributed by atoms with van der Waals surface area (Å²) in [6.07, 6.45) is 62.7. The van der Waals surface area contributed by atoms with E-state index in [1.165, 1.54) is 116 Å². The zero-order chi connectivity index (χ0) is 47.1. The Morgan fingerprint density at radius 1 is 0.547 bits per heavy atom. The summed E-state index contributed by atoms with van der Waals surface area (Å²) in [6.45, 7) is 4.72. The van der Waals surface area contributed by atoms with Crippen molar-refractivity contribution in [2.24, 2.45) is 0 Å². The second kappa shape index (κ2) is 46.1. The molecular formula is C55H102N2O6P+. The van der Waals surface area contributed by atoms with Crippen molar-refractivity contribution in [2.45, 2.75) is 231 Å². The number of hydrogen-bond donors (Lipinski definition) is 3. The molecule has 0 aromatic carbocycles. The predicted octanol–water partition coefficient (Wildman–Crippen LogP) is 15.5. The topological polar surface area (TPSA) is 105 Å². The van der Waals surface area contributed by atoms with E-state index in [2.05, 4.69) is 92.1 Å². The fourth-order valence-corrected chi connectivity index (χ4v) is 8.08. The lowest BCUT2D eigenvalue weighted by Gasteiger charge is -2.26. The SMILES string of the molecule is CC/C=C\C/C=C\C/C=C\C/C=C\C/C=C\C/C=C\CCCCCCCCCCCCCCCCCCC(=O)NC(COP(=O)(O)OCC[N+](C)(C)C)C(O)CCCCCCCCC. The van der Waals surface area contributed by atoms with Gasteiger partial charge in [0.1, 0.15) is 13.2 Å². The van der Waals surface area contributed by atoms with E-state index >= 15 is 0 Å². The molecule has 3 N–H and O–H groups in total. The van der Waals surface area contributed by atoms with Crippen LogP contribution in [0.3, 0.4) is 0 Å². The summed E-state index contributed by atoms with van der Waals surface area (Å²) in [6, 6.07) is -0.759. The van der Waals surface area contributed by atoms with Crippen LogP contribution in [0, 0.1) is 0 Å². The lowest BCUT2D eigenvalue weighted by Crippen LogP contribution is -2.46. The average Bonchev–Trinajstić information content (AvgIpc) is 3.25. The molecule has 8 nitrogen and oxygen atoms in total. The van der Waals surface area contributed by atoms with Gasteiger partial charge in [-0.05, 0) is 64.2 Å². The van der Waals surface area contributed by atoms with E-state index in [0.29, 0.717) is 23.9 Å². The number of carbonyl (C=O) groups excluding carboxylic acids is 1. The van der Waals surface area contributed by atoms with Gasteiger partial charge in [-0.15, -0.1) is 0 Å². The third kappa shape index (κ3) is 47.9. The molecule has 0 bridgehead atoms. The maximum atomic E-state index is 12.9. The molecule has 0 aliphatic heterocycles. The zero-order valence-corrected chi connectivity index (χ0v) is 43.1. The van der Waals surface area contributed by atoms with E-state index in [-0.39, 0.29) is 19.1 Å². The van der Waals surface area contributed by atoms with Crippen LogP contribution in [0.2, 0.25) is 0 Å². The Balaban J connectivity index is 3.89. The number of nitrogens with one attached hydrogen (secondary N) is 1. The van der Waals surface area contributed by atoms with Crippen LogP contribution in [0.4, 0.5) is 0 Å². The number of allylic oxidation sites excluding steroid dienone is 12. The first-order chi connectivity index (χ1) is 31.0. The Kier molecular flexibility index (Phi) is 44.6. The molecule has 1 amide bonds. The molecule has 0 heterocycles. The van der Waals surface area contributed by atoms with Gasteiger partial charge in [0.2, 0.25) is 5.91 Å². The molecule has 372 valence electrons. The summed E-state index contributed by atoms with van der Waals surface area (Å²) >= 11 is 0. The van der Waals surface area contributed by atoms with Crippen LogP contribution in [-0.2, 0) is 18.4 Å². The number of amides is 1. The average molecular weight is 918 g/mol. The van der Waals surface area contributed by atoms with Crippen molar-refractivity contribution in [1.82, 2.24) is 5.32 Å². The molecule has 0 aliphatic carbocycles. The molecule has 0 spiro atoms. The first-order valence-corrected chi connectivity index (χ1v) is 27.8. The highest BCUT2D eigenvalue weighted by Crippen LogP contribution is 2.43. The Morgan fingerprint density at radius 2 is 0.938 bits per heavy atom. The van der Waals surface area contributed by atoms with Crippen LogP contribution in [0.5, 0.6) is 0 Å². The smallest absolute Gasteiger partial charge is 0.391 e. The van der Waals surface area contributed by atoms with Crippen molar-refractivity contribution < 1.29 is 32.9 Å². The predicted molar refractivity (Wildman–Crippen MR) is 276 cm³/mol. The third-order valence-electron chi connectivity index (χ3n) is 11.5. The van der Waals surface area contributed by atoms with Gasteiger partial charge in [0, 0.05) is 6.42 Å². The number of rotatable bonds is 47. The molecule has 0 saturated heterocycles. The van der Waals surface area contributed by atoms with Gasteiger partial charge in [0.25, 0.3) is 0 Å². The summed E-state index contributed by atoms with van der Waals surface area (Å²) in [5, 5.41) is 13.9. The molecule has 0 saturated carbocycles. The van der Waals surface area contributed by atoms with Crippen LogP contribution in [0.15, 0.2) is 72.9 Å². The molecule has 64 heavy (non-hydrogen) atoms. The second-order valence-corrected chi connectivity index (χ2v) is 20.3. The lowest BCUT2D eigenvalue weighted by molar-refractivity contribution is -0.870. The molecule has 3 atom stereocenters. The van der Waals surface area contributed by atoms with Crippen molar-refractivity contribution in [3.8, 4) is 0 Å². The van der Waals surface area contributed by atoms with Crippen LogP contribution in [0.25, 0.3) is 0 Å². The molecule has 0 aromatic heterocycles. The molecule has 9 heteroatoms. The summed E-state index contributed by atoms with van der Waals surface area (Å²) in [4.78, 5) is 23.1. The first-order valence-electron chi connectivity index (χ1n) is 26.3. The molecule has 3 unspecified atom stereocenters. The Hall–Kier alpha value is -2.06. The van der Waals surface area contributed by atoms with Crippen LogP contribution < -0.4 is 5.32 Å². The molecule has 0 aliphatic rings. The molecule has 0 fully saturated rings. The Labute approximate surface area is 395 Å². The minimum atomic E-state index is -4.31. The van der Waals surface area contributed by atoms with Crippen molar-refractivity contribution in [2.75, 3.05) is 40.9 Å². The highest BCUT2D eigenvalue weighted by Gasteiger charge is 2.28. The zero-order valence-electron chi connectivity index (χ0n) is 42.3. The van der Waals surface area contributed by atoms with Crippen LogP contribution in [-0.4, -0.2) is 73.4 Å². The number of aliphatic hydroxyl groups is 1. The Bertz CT molecular complexity index is 1270. The summed E-state index contributed by atoms with van der Waals surface area (Å²) in [5.74, 6) is -0.150. The minimum Gasteiger partial charge on any atom is -0.391 e. The second-order valence-electron chi connectivity index (χ2n) is 18.9. The summed E-state index contributed by atoms with van der Waals surface area (Å²) < 4.78 is 23.6. The number of quaternary nitrogens is 1. The Morgan fingerprint density at radius 3 is 1.38 bits per heavy atom. The number of nitrogens with zero attached hydrogens (tertiary/aromatic N) is 1. The minimum absolute atomic E-state index is 0.0728. The van der Waals surface area contributed by atoms with E-state index in [0.717, 1.165) is 77.0 Å². The highest BCUT2D eigenvalue weighted by atomic mass is 31.2. The number of likely N-dealkylation sites (N-methyl/N-ethyl adjacent to an activating group) is 1. The van der Waals surface area contributed by atoms with Crippen LogP contribution >= 0.6 is 7.82 Å². The van der Waals surface area contributed by atoms with Gasteiger partial charge in [0.05, 0.1) is 39.9 Å². The highest BCUT2D eigenvalue weighted by molar-refractivity contribution is 7.47. The molecule has 0 radical (unpaired) electrons. The molecule has 0 rings (SSSR count). The maximum absolute atomic E-state index is 12.9. The molecule has 0 aromatic rings. The van der Waals surface area contributed by atoms with E-state index in [4.69, 9.17) is 9.05 Å². The summed E-state index contributed by atoms with van der Waals surface area (Å²) in [7, 11) is 1.61. The van der Waals surface area contributed by atoms with E-state index in [1.54, 1.807) is 0 Å². The van der Waals surface area contributed by atoms with E-state index < -0.39 is 20.0 Å². The number of phosphoric ester groups is 1. The van der Waals surface area contributed by atoms with E-state index in [1.807, 2.05) is 21.1 Å². The fraction of sp³-hybridized carbons (Fsp3) is 0.764. The standard InChI is InChI=1S/C55H101N2O6P/c1-6-8-10-12-14-15-16-17-18-19-20-21-22-23-24-25-26-27-28-29-30-31-32-33-34-35-36-37-38-39-40-41-43-45-47-49-55(59)56-53(54(58)48-46-44-42-13-11-9-7-2)52-63-64(60,61)62-51-50-57(3,4)5/h8,10,14-15,17-18,20-21,23-24,26-27,53-54,58H,6-7,9,11-13,16,19,22,25,28-52H2,1-5H3,(H-,56,59,60,61)/p+1/b10-8-,15-14-,18-17-,21-20-,24-23-,27-26-. The van der Waals surface area contributed by atoms with Crippen LogP contribution in [0.1, 0.15) is 219 Å². The van der Waals surface area contributed by atoms with Gasteiger partial charge in [-0.1, -0.05) is 222 Å². The van der Waals surface area contributed by atoms with Crippen molar-refractivity contribution in [3.63, 3.8) is 0 Å². The monoisotopic (exact) mass is 918 g/mol. The van der Waals surface area contributed by atoms with Gasteiger partial charge < -0.3 is 19.8 Å². The third-order valence-corrected chi connectivity index (χ3v) is 12.5. The maximum Gasteiger partial charge on any atom is 0.472 e. The summed E-state index contributed by atoms with van der Waals surface area (Å²) in [5.41, 5.74) is 0.